The monoisotopic (exact) mass is 502 g/mol. The van der Waals surface area contributed by atoms with Crippen molar-refractivity contribution in [2.75, 3.05) is 0 Å². The second-order valence-electron chi connectivity index (χ2n) is 11.3. The number of furan rings is 1. The molecule has 6 rings (SSSR count). The van der Waals surface area contributed by atoms with Crippen molar-refractivity contribution >= 4 is 33.0 Å². The van der Waals surface area contributed by atoms with Crippen molar-refractivity contribution in [3.05, 3.63) is 88.7 Å². The number of pyridine rings is 1. The maximum Gasteiger partial charge on any atom is 0.299 e. The fourth-order valence-electron chi connectivity index (χ4n) is 6.16. The van der Waals surface area contributed by atoms with Crippen LogP contribution >= 0.6 is 0 Å². The number of rotatable bonds is 4. The largest absolute Gasteiger partial charge is 0.455 e. The van der Waals surface area contributed by atoms with Crippen molar-refractivity contribution in [3.8, 4) is 17.1 Å². The summed E-state index contributed by atoms with van der Waals surface area (Å²) in [5, 5.41) is 2.21. The lowest BCUT2D eigenvalue weighted by atomic mass is 9.92. The normalized spacial score (nSPS) is 12.2. The molecule has 0 saturated heterocycles. The molecule has 0 N–H and O–H groups in total. The molecule has 4 heteroatoms. The van der Waals surface area contributed by atoms with E-state index in [2.05, 4.69) is 118 Å². The summed E-state index contributed by atoms with van der Waals surface area (Å²) in [5.41, 5.74) is 12.5. The van der Waals surface area contributed by atoms with Crippen LogP contribution in [0.3, 0.4) is 0 Å². The Morgan fingerprint density at radius 3 is 2.21 bits per heavy atom. The molecule has 4 nitrogen and oxygen atoms in total. The van der Waals surface area contributed by atoms with Gasteiger partial charge in [0, 0.05) is 39.4 Å². The van der Waals surface area contributed by atoms with Crippen LogP contribution < -0.4 is 4.57 Å². The first-order valence-electron chi connectivity index (χ1n) is 13.6. The molecule has 192 valence electrons. The number of nitrogens with zero attached hydrogens (tertiary/aromatic N) is 3. The minimum atomic E-state index is 0.378. The van der Waals surface area contributed by atoms with E-state index in [4.69, 9.17) is 9.40 Å². The summed E-state index contributed by atoms with van der Waals surface area (Å²) in [4.78, 5) is 4.76. The van der Waals surface area contributed by atoms with Gasteiger partial charge in [0.05, 0.1) is 7.05 Å². The average Bonchev–Trinajstić information content (AvgIpc) is 3.38. The highest BCUT2D eigenvalue weighted by molar-refractivity contribution is 6.11. The Morgan fingerprint density at radius 2 is 1.53 bits per heavy atom. The molecule has 0 atom stereocenters. The predicted molar refractivity (Wildman–Crippen MR) is 157 cm³/mol. The van der Waals surface area contributed by atoms with E-state index >= 15 is 0 Å². The lowest BCUT2D eigenvalue weighted by Gasteiger charge is -2.18. The van der Waals surface area contributed by atoms with Gasteiger partial charge in [-0.3, -0.25) is 4.98 Å². The van der Waals surface area contributed by atoms with Crippen LogP contribution in [0.15, 0.2) is 65.1 Å². The molecule has 0 saturated carbocycles. The molecule has 0 unspecified atom stereocenters. The van der Waals surface area contributed by atoms with Crippen LogP contribution in [-0.4, -0.2) is 9.55 Å². The van der Waals surface area contributed by atoms with Crippen molar-refractivity contribution in [1.29, 1.82) is 0 Å². The number of benzene rings is 3. The highest BCUT2D eigenvalue weighted by Crippen LogP contribution is 2.42. The number of aryl methyl sites for hydroxylation is 4. The minimum Gasteiger partial charge on any atom is -0.455 e. The number of para-hydroxylation sites is 3. The molecule has 0 fully saturated rings. The van der Waals surface area contributed by atoms with Gasteiger partial charge >= 0.3 is 0 Å². The first kappa shape index (κ1) is 24.4. The van der Waals surface area contributed by atoms with Crippen LogP contribution in [0.1, 0.15) is 67.6 Å². The van der Waals surface area contributed by atoms with Gasteiger partial charge in [-0.25, -0.2) is 4.57 Å². The van der Waals surface area contributed by atoms with Crippen molar-refractivity contribution in [2.45, 2.75) is 60.3 Å². The van der Waals surface area contributed by atoms with Crippen LogP contribution in [0.5, 0.6) is 0 Å². The third-order valence-corrected chi connectivity index (χ3v) is 7.94. The van der Waals surface area contributed by atoms with E-state index in [0.717, 1.165) is 44.7 Å². The smallest absolute Gasteiger partial charge is 0.299 e. The van der Waals surface area contributed by atoms with E-state index in [1.807, 2.05) is 6.92 Å². The van der Waals surface area contributed by atoms with E-state index in [-0.39, 0.29) is 0 Å². The van der Waals surface area contributed by atoms with Gasteiger partial charge in [-0.05, 0) is 50.3 Å². The number of hydrogen-bond donors (Lipinski definition) is 0. The number of aromatic nitrogens is 3. The van der Waals surface area contributed by atoms with Gasteiger partial charge < -0.3 is 4.42 Å². The predicted octanol–water partition coefficient (Wildman–Crippen LogP) is 8.59. The Labute approximate surface area is 224 Å². The summed E-state index contributed by atoms with van der Waals surface area (Å²) in [5.74, 6) is 1.89. The Bertz CT molecular complexity index is 1840. The lowest BCUT2D eigenvalue weighted by Crippen LogP contribution is -2.30. The Hall–Kier alpha value is -3.92. The summed E-state index contributed by atoms with van der Waals surface area (Å²) in [6, 6.07) is 22.0. The van der Waals surface area contributed by atoms with Crippen molar-refractivity contribution < 1.29 is 8.98 Å². The standard InChI is InChI=1S/C34H36N3O/c1-19(2)24-12-11-13-25(20(3)4)32(24)37-28-15-10-9-14-27(28)36(8)34(37)30-21(5)16-17-26-31-23(7)35-22(6)18-29(31)38-33(26)30/h9-20H,1-8H3/q+1. The summed E-state index contributed by atoms with van der Waals surface area (Å²) in [6.45, 7) is 15.5. The molecular weight excluding hydrogens is 466 g/mol. The molecule has 6 aromatic rings. The summed E-state index contributed by atoms with van der Waals surface area (Å²) >= 11 is 0. The topological polar surface area (TPSA) is 34.8 Å². The van der Waals surface area contributed by atoms with E-state index in [0.29, 0.717) is 11.8 Å². The number of fused-ring (bicyclic) bond motifs is 4. The molecule has 0 aliphatic rings. The zero-order valence-corrected chi connectivity index (χ0v) is 23.7. The highest BCUT2D eigenvalue weighted by atomic mass is 16.3. The zero-order valence-electron chi connectivity index (χ0n) is 23.7. The van der Waals surface area contributed by atoms with Crippen LogP contribution in [0.4, 0.5) is 0 Å². The van der Waals surface area contributed by atoms with Crippen molar-refractivity contribution in [2.24, 2.45) is 7.05 Å². The maximum absolute atomic E-state index is 6.71. The van der Waals surface area contributed by atoms with Gasteiger partial charge in [0.25, 0.3) is 5.82 Å². The van der Waals surface area contributed by atoms with Gasteiger partial charge in [-0.1, -0.05) is 70.2 Å². The fourth-order valence-corrected chi connectivity index (χ4v) is 6.16. The Kier molecular flexibility index (Phi) is 5.68. The lowest BCUT2D eigenvalue weighted by molar-refractivity contribution is -0.633. The maximum atomic E-state index is 6.71. The summed E-state index contributed by atoms with van der Waals surface area (Å²) in [7, 11) is 2.18. The molecule has 3 aromatic carbocycles. The molecule has 0 spiro atoms. The second-order valence-corrected chi connectivity index (χ2v) is 11.3. The van der Waals surface area contributed by atoms with E-state index in [1.165, 1.54) is 33.4 Å². The first-order valence-corrected chi connectivity index (χ1v) is 13.6. The number of imidazole rings is 1. The van der Waals surface area contributed by atoms with E-state index < -0.39 is 0 Å². The molecular formula is C34H36N3O+. The Balaban J connectivity index is 1.84. The molecule has 0 radical (unpaired) electrons. The Morgan fingerprint density at radius 1 is 0.842 bits per heavy atom. The van der Waals surface area contributed by atoms with Crippen molar-refractivity contribution in [3.63, 3.8) is 0 Å². The molecule has 0 amide bonds. The molecule has 0 aliphatic heterocycles. The van der Waals surface area contributed by atoms with Gasteiger partial charge in [0.1, 0.15) is 16.8 Å². The molecule has 3 heterocycles. The van der Waals surface area contributed by atoms with E-state index in [1.54, 1.807) is 0 Å². The molecule has 3 aromatic heterocycles. The summed E-state index contributed by atoms with van der Waals surface area (Å²) in [6.07, 6.45) is 0. The van der Waals surface area contributed by atoms with E-state index in [9.17, 15) is 0 Å². The van der Waals surface area contributed by atoms with Crippen molar-refractivity contribution in [1.82, 2.24) is 9.55 Å². The van der Waals surface area contributed by atoms with Crippen LogP contribution in [0.25, 0.3) is 50.0 Å². The van der Waals surface area contributed by atoms with Crippen LogP contribution in [-0.2, 0) is 7.05 Å². The number of hydrogen-bond acceptors (Lipinski definition) is 2. The van der Waals surface area contributed by atoms with Gasteiger partial charge in [0.15, 0.2) is 16.6 Å². The minimum absolute atomic E-state index is 0.378. The van der Waals surface area contributed by atoms with Crippen LogP contribution in [0, 0.1) is 20.8 Å². The first-order chi connectivity index (χ1) is 18.2. The SMILES string of the molecule is Cc1cc2oc3c(-c4n(-c5c(C(C)C)cccc5C(C)C)c5ccccc5[n+]4C)c(C)ccc3c2c(C)n1. The highest BCUT2D eigenvalue weighted by Gasteiger charge is 2.33. The third-order valence-electron chi connectivity index (χ3n) is 7.94. The van der Waals surface area contributed by atoms with Gasteiger partial charge in [0.2, 0.25) is 0 Å². The zero-order chi connectivity index (χ0) is 26.9. The molecule has 0 aliphatic carbocycles. The molecule has 38 heavy (non-hydrogen) atoms. The van der Waals surface area contributed by atoms with Gasteiger partial charge in [-0.15, -0.1) is 0 Å². The third kappa shape index (κ3) is 3.50. The van der Waals surface area contributed by atoms with Crippen LogP contribution in [0.2, 0.25) is 0 Å². The second kappa shape index (κ2) is 8.83. The molecule has 0 bridgehead atoms. The fraction of sp³-hybridized carbons (Fsp3) is 0.294. The van der Waals surface area contributed by atoms with Gasteiger partial charge in [-0.2, -0.15) is 4.57 Å². The average molecular weight is 503 g/mol. The summed E-state index contributed by atoms with van der Waals surface area (Å²) < 4.78 is 11.5. The quantitative estimate of drug-likeness (QED) is 0.226.